The fourth-order valence-electron chi connectivity index (χ4n) is 4.01. The highest BCUT2D eigenvalue weighted by Crippen LogP contribution is 2.34. The van der Waals surface area contributed by atoms with Crippen molar-refractivity contribution in [2.75, 3.05) is 6.61 Å². The summed E-state index contributed by atoms with van der Waals surface area (Å²) < 4.78 is 7.48. The number of hydrogen-bond acceptors (Lipinski definition) is 3. The van der Waals surface area contributed by atoms with Crippen LogP contribution in [0.4, 0.5) is 0 Å². The van der Waals surface area contributed by atoms with Gasteiger partial charge in [-0.1, -0.05) is 78.4 Å². The number of esters is 1. The molecule has 5 aromatic rings. The van der Waals surface area contributed by atoms with Crippen LogP contribution >= 0.6 is 0 Å². The number of ether oxygens (including phenoxy) is 1. The maximum atomic E-state index is 13.0. The Bertz CT molecular complexity index is 1400. The third-order valence-corrected chi connectivity index (χ3v) is 5.49. The standard InChI is InChI=1S/C27H22N2O2/c1-3-31-27(30)25-21-11-7-8-12-23(21)29-24(20-9-5-4-6-10-20)17-22(28-26(25)29)19-15-13-18(2)14-16-19/h4-17H,3H2,1-2H3. The maximum Gasteiger partial charge on any atom is 0.342 e. The fourth-order valence-corrected chi connectivity index (χ4v) is 4.01. The molecule has 0 aliphatic rings. The molecular formula is C27H22N2O2. The molecule has 152 valence electrons. The minimum absolute atomic E-state index is 0.313. The summed E-state index contributed by atoms with van der Waals surface area (Å²) in [4.78, 5) is 18.0. The van der Waals surface area contributed by atoms with E-state index in [2.05, 4.69) is 53.8 Å². The predicted octanol–water partition coefficient (Wildman–Crippen LogP) is 6.31. The van der Waals surface area contributed by atoms with E-state index in [1.165, 1.54) is 5.56 Å². The van der Waals surface area contributed by atoms with E-state index < -0.39 is 0 Å². The molecule has 0 fully saturated rings. The van der Waals surface area contributed by atoms with Gasteiger partial charge in [-0.3, -0.25) is 4.40 Å². The molecule has 0 atom stereocenters. The molecule has 4 heteroatoms. The largest absolute Gasteiger partial charge is 0.462 e. The third kappa shape index (κ3) is 3.26. The van der Waals surface area contributed by atoms with Crippen molar-refractivity contribution in [3.63, 3.8) is 0 Å². The van der Waals surface area contributed by atoms with Gasteiger partial charge in [-0.15, -0.1) is 0 Å². The van der Waals surface area contributed by atoms with Gasteiger partial charge in [-0.2, -0.15) is 0 Å². The molecular weight excluding hydrogens is 384 g/mol. The summed E-state index contributed by atoms with van der Waals surface area (Å²) in [5.74, 6) is -0.353. The number of rotatable bonds is 4. The van der Waals surface area contributed by atoms with E-state index in [0.29, 0.717) is 17.8 Å². The first kappa shape index (κ1) is 19.1. The van der Waals surface area contributed by atoms with Crippen LogP contribution in [0.3, 0.4) is 0 Å². The van der Waals surface area contributed by atoms with Crippen LogP contribution in [0, 0.1) is 6.92 Å². The average molecular weight is 406 g/mol. The zero-order valence-electron chi connectivity index (χ0n) is 17.5. The summed E-state index contributed by atoms with van der Waals surface area (Å²) in [6.45, 7) is 4.20. The number of carbonyl (C=O) groups excluding carboxylic acids is 1. The van der Waals surface area contributed by atoms with Crippen LogP contribution in [0.1, 0.15) is 22.8 Å². The van der Waals surface area contributed by atoms with Gasteiger partial charge in [0.1, 0.15) is 5.56 Å². The molecule has 3 aromatic carbocycles. The second kappa shape index (κ2) is 7.73. The molecule has 0 unspecified atom stereocenters. The van der Waals surface area contributed by atoms with Crippen molar-refractivity contribution in [3.05, 3.63) is 96.1 Å². The number of nitrogens with zero attached hydrogens (tertiary/aromatic N) is 2. The molecule has 2 aromatic heterocycles. The Hall–Kier alpha value is -3.92. The van der Waals surface area contributed by atoms with Crippen LogP contribution in [0.25, 0.3) is 39.1 Å². The molecule has 0 N–H and O–H groups in total. The van der Waals surface area contributed by atoms with Crippen molar-refractivity contribution in [3.8, 4) is 22.5 Å². The molecule has 0 amide bonds. The number of fused-ring (bicyclic) bond motifs is 3. The van der Waals surface area contributed by atoms with E-state index in [1.54, 1.807) is 0 Å². The summed E-state index contributed by atoms with van der Waals surface area (Å²) in [6, 6.07) is 28.4. The molecule has 0 spiro atoms. The molecule has 0 aliphatic carbocycles. The average Bonchev–Trinajstić information content (AvgIpc) is 3.14. The van der Waals surface area contributed by atoms with Gasteiger partial charge in [0.25, 0.3) is 0 Å². The molecule has 5 rings (SSSR count). The number of para-hydroxylation sites is 1. The van der Waals surface area contributed by atoms with Crippen LogP contribution in [0.15, 0.2) is 84.9 Å². The molecule has 4 nitrogen and oxygen atoms in total. The van der Waals surface area contributed by atoms with Gasteiger partial charge in [0, 0.05) is 10.9 Å². The number of hydrogen-bond donors (Lipinski definition) is 0. The van der Waals surface area contributed by atoms with Crippen molar-refractivity contribution in [2.24, 2.45) is 0 Å². The van der Waals surface area contributed by atoms with Crippen molar-refractivity contribution in [1.82, 2.24) is 9.38 Å². The minimum atomic E-state index is -0.353. The Morgan fingerprint density at radius 3 is 2.35 bits per heavy atom. The van der Waals surface area contributed by atoms with Crippen molar-refractivity contribution in [2.45, 2.75) is 13.8 Å². The molecule has 0 saturated carbocycles. The lowest BCUT2D eigenvalue weighted by atomic mass is 10.1. The van der Waals surface area contributed by atoms with Gasteiger partial charge in [0.05, 0.1) is 23.5 Å². The molecule has 0 bridgehead atoms. The molecule has 0 aliphatic heterocycles. The Kier molecular flexibility index (Phi) is 4.75. The normalized spacial score (nSPS) is 11.2. The summed E-state index contributed by atoms with van der Waals surface area (Å²) in [7, 11) is 0. The smallest absolute Gasteiger partial charge is 0.342 e. The lowest BCUT2D eigenvalue weighted by Crippen LogP contribution is -2.06. The monoisotopic (exact) mass is 406 g/mol. The Morgan fingerprint density at radius 1 is 0.903 bits per heavy atom. The SMILES string of the molecule is CCOC(=O)c1c2ccccc2n2c(-c3ccccc3)cc(-c3ccc(C)cc3)nc12. The molecule has 0 saturated heterocycles. The van der Waals surface area contributed by atoms with E-state index in [-0.39, 0.29) is 5.97 Å². The van der Waals surface area contributed by atoms with E-state index in [0.717, 1.165) is 33.4 Å². The van der Waals surface area contributed by atoms with Gasteiger partial charge >= 0.3 is 5.97 Å². The van der Waals surface area contributed by atoms with Crippen LogP contribution in [-0.4, -0.2) is 22.0 Å². The first-order valence-corrected chi connectivity index (χ1v) is 10.4. The Labute approximate surface area is 180 Å². The highest BCUT2D eigenvalue weighted by molar-refractivity contribution is 6.11. The summed E-state index contributed by atoms with van der Waals surface area (Å²) in [5, 5.41) is 0.840. The highest BCUT2D eigenvalue weighted by Gasteiger charge is 2.23. The fraction of sp³-hybridized carbons (Fsp3) is 0.111. The first-order valence-electron chi connectivity index (χ1n) is 10.4. The first-order chi connectivity index (χ1) is 15.2. The molecule has 2 heterocycles. The van der Waals surface area contributed by atoms with E-state index in [9.17, 15) is 4.79 Å². The van der Waals surface area contributed by atoms with E-state index >= 15 is 0 Å². The minimum Gasteiger partial charge on any atom is -0.462 e. The molecule has 0 radical (unpaired) electrons. The van der Waals surface area contributed by atoms with Gasteiger partial charge in [-0.25, -0.2) is 9.78 Å². The maximum absolute atomic E-state index is 13.0. The summed E-state index contributed by atoms with van der Waals surface area (Å²) >= 11 is 0. The van der Waals surface area contributed by atoms with Crippen molar-refractivity contribution >= 4 is 22.5 Å². The quantitative estimate of drug-likeness (QED) is 0.329. The van der Waals surface area contributed by atoms with Gasteiger partial charge < -0.3 is 4.74 Å². The summed E-state index contributed by atoms with van der Waals surface area (Å²) in [5.41, 5.74) is 7.09. The Balaban J connectivity index is 1.92. The number of aromatic nitrogens is 2. The number of benzene rings is 3. The lowest BCUT2D eigenvalue weighted by Gasteiger charge is -2.11. The zero-order chi connectivity index (χ0) is 21.4. The second-order valence-electron chi connectivity index (χ2n) is 7.53. The molecule has 31 heavy (non-hydrogen) atoms. The van der Waals surface area contributed by atoms with Crippen LogP contribution in [0.5, 0.6) is 0 Å². The van der Waals surface area contributed by atoms with Crippen LogP contribution < -0.4 is 0 Å². The van der Waals surface area contributed by atoms with Crippen molar-refractivity contribution in [1.29, 1.82) is 0 Å². The number of carbonyl (C=O) groups is 1. The number of aryl methyl sites for hydroxylation is 1. The topological polar surface area (TPSA) is 43.6 Å². The predicted molar refractivity (Wildman–Crippen MR) is 124 cm³/mol. The van der Waals surface area contributed by atoms with Crippen molar-refractivity contribution < 1.29 is 9.53 Å². The lowest BCUT2D eigenvalue weighted by molar-refractivity contribution is 0.0530. The van der Waals surface area contributed by atoms with E-state index in [4.69, 9.17) is 9.72 Å². The van der Waals surface area contributed by atoms with Gasteiger partial charge in [-0.05, 0) is 31.5 Å². The van der Waals surface area contributed by atoms with E-state index in [1.807, 2.05) is 49.4 Å². The van der Waals surface area contributed by atoms with Crippen LogP contribution in [0.2, 0.25) is 0 Å². The van der Waals surface area contributed by atoms with Gasteiger partial charge in [0.2, 0.25) is 0 Å². The third-order valence-electron chi connectivity index (χ3n) is 5.49. The summed E-state index contributed by atoms with van der Waals surface area (Å²) in [6.07, 6.45) is 0. The highest BCUT2D eigenvalue weighted by atomic mass is 16.5. The Morgan fingerprint density at radius 2 is 1.61 bits per heavy atom. The second-order valence-corrected chi connectivity index (χ2v) is 7.53. The van der Waals surface area contributed by atoms with Gasteiger partial charge in [0.15, 0.2) is 5.65 Å². The zero-order valence-corrected chi connectivity index (χ0v) is 17.5. The van der Waals surface area contributed by atoms with Crippen LogP contribution in [-0.2, 0) is 4.74 Å².